The summed E-state index contributed by atoms with van der Waals surface area (Å²) in [6.45, 7) is 2.20. The van der Waals surface area contributed by atoms with Crippen molar-refractivity contribution in [1.82, 2.24) is 5.32 Å². The van der Waals surface area contributed by atoms with E-state index in [-0.39, 0.29) is 6.04 Å². The van der Waals surface area contributed by atoms with Crippen LogP contribution in [0.4, 0.5) is 18.0 Å². The lowest BCUT2D eigenvalue weighted by atomic mass is 10.3. The number of carbonyl (C=O) groups is 1. The van der Waals surface area contributed by atoms with Crippen LogP contribution in [0.25, 0.3) is 0 Å². The highest BCUT2D eigenvalue weighted by Crippen LogP contribution is 2.14. The number of rotatable bonds is 6. The highest BCUT2D eigenvalue weighted by Gasteiger charge is 2.29. The topological polar surface area (TPSA) is 38.3 Å². The fourth-order valence-corrected chi connectivity index (χ4v) is 1.68. The fraction of sp³-hybridized carbons (Fsp3) is 0.889. The van der Waals surface area contributed by atoms with Crippen molar-refractivity contribution in [1.29, 1.82) is 0 Å². The Morgan fingerprint density at radius 2 is 2.12 bits per heavy atom. The second-order valence-electron chi connectivity index (χ2n) is 3.22. The van der Waals surface area contributed by atoms with Crippen molar-refractivity contribution >= 4 is 17.9 Å². The molecule has 1 N–H and O–H groups in total. The molecule has 0 aliphatic rings. The quantitative estimate of drug-likeness (QED) is 0.745. The first-order chi connectivity index (χ1) is 7.35. The van der Waals surface area contributed by atoms with E-state index in [0.717, 1.165) is 11.5 Å². The fourth-order valence-electron chi connectivity index (χ4n) is 0.867. The highest BCUT2D eigenvalue weighted by atomic mass is 32.2. The molecule has 0 heterocycles. The maximum atomic E-state index is 11.7. The van der Waals surface area contributed by atoms with Gasteiger partial charge >= 0.3 is 12.3 Å². The molecule has 96 valence electrons. The molecular formula is C9H16F3NO2S. The smallest absolute Gasteiger partial charge is 0.422 e. The van der Waals surface area contributed by atoms with Gasteiger partial charge in [-0.05, 0) is 24.9 Å². The van der Waals surface area contributed by atoms with Gasteiger partial charge in [-0.25, -0.2) is 4.79 Å². The zero-order valence-corrected chi connectivity index (χ0v) is 10.1. The number of halogens is 3. The summed E-state index contributed by atoms with van der Waals surface area (Å²) < 4.78 is 39.1. The van der Waals surface area contributed by atoms with Crippen LogP contribution < -0.4 is 5.32 Å². The summed E-state index contributed by atoms with van der Waals surface area (Å²) in [5.74, 6) is 1.84. The molecule has 0 radical (unpaired) electrons. The van der Waals surface area contributed by atoms with E-state index in [1.54, 1.807) is 18.7 Å². The lowest BCUT2D eigenvalue weighted by molar-refractivity contribution is -0.160. The van der Waals surface area contributed by atoms with E-state index < -0.39 is 18.9 Å². The first-order valence-electron chi connectivity index (χ1n) is 4.93. The Morgan fingerprint density at radius 3 is 2.62 bits per heavy atom. The SMILES string of the molecule is CCSCCC(C)NC(=O)OCC(F)(F)F. The molecule has 1 atom stereocenters. The third-order valence-corrected chi connectivity index (χ3v) is 2.56. The first kappa shape index (κ1) is 15.4. The van der Waals surface area contributed by atoms with Crippen molar-refractivity contribution in [2.45, 2.75) is 32.5 Å². The lowest BCUT2D eigenvalue weighted by Gasteiger charge is -2.14. The number of hydrogen-bond donors (Lipinski definition) is 1. The molecular weight excluding hydrogens is 243 g/mol. The molecule has 7 heteroatoms. The second-order valence-corrected chi connectivity index (χ2v) is 4.62. The monoisotopic (exact) mass is 259 g/mol. The molecule has 0 aromatic heterocycles. The zero-order valence-electron chi connectivity index (χ0n) is 9.26. The van der Waals surface area contributed by atoms with Crippen LogP contribution in [0.2, 0.25) is 0 Å². The van der Waals surface area contributed by atoms with Gasteiger partial charge in [-0.2, -0.15) is 24.9 Å². The minimum Gasteiger partial charge on any atom is -0.440 e. The maximum absolute atomic E-state index is 11.7. The minimum absolute atomic E-state index is 0.181. The summed E-state index contributed by atoms with van der Waals surface area (Å²) in [5, 5.41) is 2.34. The number of nitrogens with one attached hydrogen (secondary N) is 1. The molecule has 0 aromatic rings. The summed E-state index contributed by atoms with van der Waals surface area (Å²) >= 11 is 1.71. The zero-order chi connectivity index (χ0) is 12.6. The van der Waals surface area contributed by atoms with Gasteiger partial charge in [0.25, 0.3) is 0 Å². The predicted molar refractivity (Wildman–Crippen MR) is 57.6 cm³/mol. The molecule has 0 saturated heterocycles. The van der Waals surface area contributed by atoms with E-state index in [2.05, 4.69) is 10.1 Å². The van der Waals surface area contributed by atoms with Crippen molar-refractivity contribution in [3.63, 3.8) is 0 Å². The standard InChI is InChI=1S/C9H16F3NO2S/c1-3-16-5-4-7(2)13-8(14)15-6-9(10,11)12/h7H,3-6H2,1-2H3,(H,13,14). The summed E-state index contributed by atoms with van der Waals surface area (Å²) in [7, 11) is 0. The van der Waals surface area contributed by atoms with Crippen LogP contribution in [-0.4, -0.2) is 36.4 Å². The minimum atomic E-state index is -4.47. The average molecular weight is 259 g/mol. The Hall–Kier alpha value is -0.590. The van der Waals surface area contributed by atoms with Crippen LogP contribution in [-0.2, 0) is 4.74 Å². The van der Waals surface area contributed by atoms with Gasteiger partial charge in [-0.3, -0.25) is 0 Å². The molecule has 0 bridgehead atoms. The number of alkyl halides is 3. The molecule has 1 amide bonds. The van der Waals surface area contributed by atoms with Gasteiger partial charge in [0, 0.05) is 6.04 Å². The molecule has 0 saturated carbocycles. The number of amides is 1. The molecule has 0 aliphatic heterocycles. The summed E-state index contributed by atoms with van der Waals surface area (Å²) in [5.41, 5.74) is 0. The molecule has 3 nitrogen and oxygen atoms in total. The van der Waals surface area contributed by atoms with Gasteiger partial charge in [0.1, 0.15) is 0 Å². The molecule has 16 heavy (non-hydrogen) atoms. The van der Waals surface area contributed by atoms with Crippen LogP contribution in [0.5, 0.6) is 0 Å². The molecule has 0 aromatic carbocycles. The molecule has 0 aliphatic carbocycles. The lowest BCUT2D eigenvalue weighted by Crippen LogP contribution is -2.35. The summed E-state index contributed by atoms with van der Waals surface area (Å²) in [4.78, 5) is 10.9. The van der Waals surface area contributed by atoms with Crippen LogP contribution in [0, 0.1) is 0 Å². The van der Waals surface area contributed by atoms with Gasteiger partial charge < -0.3 is 10.1 Å². The van der Waals surface area contributed by atoms with Crippen molar-refractivity contribution in [3.8, 4) is 0 Å². The Morgan fingerprint density at radius 1 is 1.50 bits per heavy atom. The third kappa shape index (κ3) is 9.95. The van der Waals surface area contributed by atoms with Crippen LogP contribution in [0.3, 0.4) is 0 Å². The van der Waals surface area contributed by atoms with Crippen molar-refractivity contribution in [3.05, 3.63) is 0 Å². The van der Waals surface area contributed by atoms with E-state index in [1.807, 2.05) is 6.92 Å². The van der Waals surface area contributed by atoms with Gasteiger partial charge in [0.2, 0.25) is 0 Å². The molecule has 0 rings (SSSR count). The second kappa shape index (κ2) is 7.65. The number of ether oxygens (including phenoxy) is 1. The normalized spacial score (nSPS) is 13.3. The van der Waals surface area contributed by atoms with E-state index in [1.165, 1.54) is 0 Å². The predicted octanol–water partition coefficient (Wildman–Crippen LogP) is 2.81. The third-order valence-electron chi connectivity index (χ3n) is 1.63. The van der Waals surface area contributed by atoms with E-state index in [4.69, 9.17) is 0 Å². The molecule has 1 unspecified atom stereocenters. The first-order valence-corrected chi connectivity index (χ1v) is 6.08. The summed E-state index contributed by atoms with van der Waals surface area (Å²) in [6.07, 6.45) is -4.79. The van der Waals surface area contributed by atoms with Gasteiger partial charge in [-0.1, -0.05) is 6.92 Å². The average Bonchev–Trinajstić information content (AvgIpc) is 2.14. The van der Waals surface area contributed by atoms with Crippen LogP contribution >= 0.6 is 11.8 Å². The molecule has 0 fully saturated rings. The summed E-state index contributed by atoms with van der Waals surface area (Å²) in [6, 6.07) is -0.181. The van der Waals surface area contributed by atoms with Crippen molar-refractivity contribution in [2.24, 2.45) is 0 Å². The number of carbonyl (C=O) groups excluding carboxylic acids is 1. The van der Waals surface area contributed by atoms with Crippen molar-refractivity contribution in [2.75, 3.05) is 18.1 Å². The Kier molecular flexibility index (Phi) is 7.36. The van der Waals surface area contributed by atoms with Crippen molar-refractivity contribution < 1.29 is 22.7 Å². The Balaban J connectivity index is 3.62. The Labute approximate surface area is 97.1 Å². The van der Waals surface area contributed by atoms with Crippen LogP contribution in [0.1, 0.15) is 20.3 Å². The number of alkyl carbamates (subject to hydrolysis) is 1. The molecule has 0 spiro atoms. The highest BCUT2D eigenvalue weighted by molar-refractivity contribution is 7.99. The number of thioether (sulfide) groups is 1. The van der Waals surface area contributed by atoms with Crippen LogP contribution in [0.15, 0.2) is 0 Å². The van der Waals surface area contributed by atoms with Gasteiger partial charge in [0.15, 0.2) is 6.61 Å². The van der Waals surface area contributed by atoms with Gasteiger partial charge in [-0.15, -0.1) is 0 Å². The van der Waals surface area contributed by atoms with E-state index in [9.17, 15) is 18.0 Å². The Bertz CT molecular complexity index is 211. The van der Waals surface area contributed by atoms with Gasteiger partial charge in [0.05, 0.1) is 0 Å². The largest absolute Gasteiger partial charge is 0.440 e. The van der Waals surface area contributed by atoms with E-state index in [0.29, 0.717) is 6.42 Å². The van der Waals surface area contributed by atoms with E-state index >= 15 is 0 Å². The maximum Gasteiger partial charge on any atom is 0.422 e. The number of hydrogen-bond acceptors (Lipinski definition) is 3.